The molecule has 0 unspecified atom stereocenters. The summed E-state index contributed by atoms with van der Waals surface area (Å²) < 4.78 is 0. The monoisotopic (exact) mass is 458 g/mol. The lowest BCUT2D eigenvalue weighted by Gasteiger charge is -2.64. The number of rotatable bonds is 1. The van der Waals surface area contributed by atoms with E-state index in [4.69, 9.17) is 0 Å². The molecule has 5 rings (SSSR count). The van der Waals surface area contributed by atoms with Gasteiger partial charge in [-0.25, -0.2) is 0 Å². The largest absolute Gasteiger partial charge is 0.396 e. The molecular formula is C30H50O3. The van der Waals surface area contributed by atoms with Gasteiger partial charge in [-0.3, -0.25) is 0 Å². The van der Waals surface area contributed by atoms with Crippen molar-refractivity contribution in [3.8, 4) is 0 Å². The van der Waals surface area contributed by atoms with E-state index in [0.717, 1.165) is 38.5 Å². The van der Waals surface area contributed by atoms with Crippen molar-refractivity contribution in [1.82, 2.24) is 0 Å². The molecule has 10 atom stereocenters. The van der Waals surface area contributed by atoms with Crippen molar-refractivity contribution < 1.29 is 15.3 Å². The summed E-state index contributed by atoms with van der Waals surface area (Å²) in [6.45, 7) is 14.5. The minimum atomic E-state index is -0.378. The first kappa shape index (κ1) is 24.3. The van der Waals surface area contributed by atoms with E-state index in [-0.39, 0.29) is 35.1 Å². The Balaban J connectivity index is 1.50. The molecule has 0 saturated heterocycles. The van der Waals surface area contributed by atoms with Crippen LogP contribution < -0.4 is 0 Å². The predicted octanol–water partition coefficient (Wildman–Crippen LogP) is 6.11. The minimum Gasteiger partial charge on any atom is -0.396 e. The second kappa shape index (κ2) is 7.56. The molecule has 0 heterocycles. The van der Waals surface area contributed by atoms with Gasteiger partial charge in [0.05, 0.1) is 18.8 Å². The van der Waals surface area contributed by atoms with Crippen LogP contribution in [0, 0.1) is 50.7 Å². The minimum absolute atomic E-state index is 0.0164. The zero-order chi connectivity index (χ0) is 24.0. The highest BCUT2D eigenvalue weighted by atomic mass is 16.3. The highest BCUT2D eigenvalue weighted by molar-refractivity contribution is 5.25. The Morgan fingerprint density at radius 2 is 1.42 bits per heavy atom. The first-order chi connectivity index (χ1) is 15.3. The summed E-state index contributed by atoms with van der Waals surface area (Å²) in [5, 5.41) is 32.2. The van der Waals surface area contributed by atoms with Crippen molar-refractivity contribution >= 4 is 0 Å². The highest BCUT2D eigenvalue weighted by Gasteiger charge is 2.63. The molecular weight excluding hydrogens is 408 g/mol. The SMILES string of the molecule is CC1(C)[C@H](O)CC[C@]2(C)[C@H]3CC[C@H]4[C@@](C)(CC[C@H]5[C@]4(C)CC[C@H](O)[C@]5(C)CO)CC3=CC[C@@H]12. The molecule has 188 valence electrons. The quantitative estimate of drug-likeness (QED) is 0.415. The fourth-order valence-electron chi connectivity index (χ4n) is 11.0. The number of aliphatic hydroxyl groups excluding tert-OH is 3. The van der Waals surface area contributed by atoms with Gasteiger partial charge in [-0.1, -0.05) is 53.2 Å². The van der Waals surface area contributed by atoms with Crippen LogP contribution >= 0.6 is 0 Å². The fourth-order valence-corrected chi connectivity index (χ4v) is 11.0. The summed E-state index contributed by atoms with van der Waals surface area (Å²) in [5.41, 5.74) is 2.15. The molecule has 5 aliphatic carbocycles. The Labute approximate surface area is 202 Å². The molecule has 0 radical (unpaired) electrons. The maximum Gasteiger partial charge on any atom is 0.0618 e. The van der Waals surface area contributed by atoms with E-state index in [1.807, 2.05) is 0 Å². The van der Waals surface area contributed by atoms with Crippen molar-refractivity contribution in [3.63, 3.8) is 0 Å². The molecule has 0 aromatic heterocycles. The summed E-state index contributed by atoms with van der Waals surface area (Å²) in [5.74, 6) is 2.25. The molecule has 33 heavy (non-hydrogen) atoms. The van der Waals surface area contributed by atoms with Crippen LogP contribution in [0.1, 0.15) is 106 Å². The van der Waals surface area contributed by atoms with Gasteiger partial charge in [0.2, 0.25) is 0 Å². The highest BCUT2D eigenvalue weighted by Crippen LogP contribution is 2.70. The van der Waals surface area contributed by atoms with Gasteiger partial charge in [0.1, 0.15) is 0 Å². The van der Waals surface area contributed by atoms with Crippen LogP contribution in [0.2, 0.25) is 0 Å². The van der Waals surface area contributed by atoms with Gasteiger partial charge in [0.25, 0.3) is 0 Å². The van der Waals surface area contributed by atoms with E-state index in [1.165, 1.54) is 25.7 Å². The van der Waals surface area contributed by atoms with Crippen LogP contribution in [0.5, 0.6) is 0 Å². The van der Waals surface area contributed by atoms with Crippen molar-refractivity contribution in [2.24, 2.45) is 50.7 Å². The summed E-state index contributed by atoms with van der Waals surface area (Å²) in [7, 11) is 0. The molecule has 3 heteroatoms. The first-order valence-corrected chi connectivity index (χ1v) is 14.0. The fraction of sp³-hybridized carbons (Fsp3) is 0.933. The van der Waals surface area contributed by atoms with Crippen molar-refractivity contribution in [1.29, 1.82) is 0 Å². The van der Waals surface area contributed by atoms with Gasteiger partial charge in [0, 0.05) is 5.41 Å². The van der Waals surface area contributed by atoms with Crippen molar-refractivity contribution in [3.05, 3.63) is 11.6 Å². The Morgan fingerprint density at radius 3 is 2.12 bits per heavy atom. The number of allylic oxidation sites excluding steroid dienone is 2. The van der Waals surface area contributed by atoms with Crippen LogP contribution in [0.3, 0.4) is 0 Å². The van der Waals surface area contributed by atoms with Gasteiger partial charge >= 0.3 is 0 Å². The summed E-state index contributed by atoms with van der Waals surface area (Å²) in [4.78, 5) is 0. The molecule has 0 aromatic carbocycles. The number of hydrogen-bond acceptors (Lipinski definition) is 3. The van der Waals surface area contributed by atoms with Gasteiger partial charge in [-0.05, 0) is 110 Å². The van der Waals surface area contributed by atoms with Crippen LogP contribution in [-0.4, -0.2) is 34.1 Å². The number of fused-ring (bicyclic) bond motifs is 6. The molecule has 4 saturated carbocycles. The average Bonchev–Trinajstić information content (AvgIpc) is 2.91. The molecule has 3 nitrogen and oxygen atoms in total. The normalized spacial score (nSPS) is 55.8. The third-order valence-electron chi connectivity index (χ3n) is 13.0. The molecule has 4 fully saturated rings. The zero-order valence-corrected chi connectivity index (χ0v) is 22.2. The maximum absolute atomic E-state index is 10.9. The summed E-state index contributed by atoms with van der Waals surface area (Å²) in [6, 6.07) is 0. The maximum atomic E-state index is 10.9. The second-order valence-electron chi connectivity index (χ2n) is 14.8. The average molecular weight is 459 g/mol. The molecule has 0 spiro atoms. The number of hydrogen-bond donors (Lipinski definition) is 3. The third-order valence-corrected chi connectivity index (χ3v) is 13.0. The van der Waals surface area contributed by atoms with E-state index in [9.17, 15) is 15.3 Å². The Bertz CT molecular complexity index is 817. The van der Waals surface area contributed by atoms with Gasteiger partial charge < -0.3 is 15.3 Å². The Hall–Kier alpha value is -0.380. The van der Waals surface area contributed by atoms with Gasteiger partial charge in [-0.15, -0.1) is 0 Å². The van der Waals surface area contributed by atoms with Crippen LogP contribution in [-0.2, 0) is 0 Å². The lowest BCUT2D eigenvalue weighted by molar-refractivity contribution is -0.189. The Morgan fingerprint density at radius 1 is 0.758 bits per heavy atom. The summed E-state index contributed by atoms with van der Waals surface area (Å²) >= 11 is 0. The van der Waals surface area contributed by atoms with E-state index in [2.05, 4.69) is 47.6 Å². The molecule has 5 aliphatic rings. The molecule has 0 amide bonds. The predicted molar refractivity (Wildman–Crippen MR) is 134 cm³/mol. The lowest BCUT2D eigenvalue weighted by atomic mass is 9.42. The van der Waals surface area contributed by atoms with Crippen LogP contribution in [0.25, 0.3) is 0 Å². The topological polar surface area (TPSA) is 60.7 Å². The van der Waals surface area contributed by atoms with E-state index in [0.29, 0.717) is 34.5 Å². The standard InChI is InChI=1S/C30H50O3/c1-26(2)21-9-7-19-17-27(3)14-11-23-29(5,16-13-25(33)30(23,6)18-31)22(27)10-8-20(19)28(21,4)15-12-24(26)32/h7,20-25,31-33H,8-18H2,1-6H3/t20-,21-,22-,23-,24+,25-,27-,28+,29+,30+/m0/s1. The Kier molecular flexibility index (Phi) is 5.57. The summed E-state index contributed by atoms with van der Waals surface area (Å²) in [6.07, 6.45) is 13.3. The van der Waals surface area contributed by atoms with E-state index < -0.39 is 0 Å². The zero-order valence-electron chi connectivity index (χ0n) is 22.2. The van der Waals surface area contributed by atoms with Crippen LogP contribution in [0.4, 0.5) is 0 Å². The third kappa shape index (κ3) is 3.17. The first-order valence-electron chi connectivity index (χ1n) is 14.0. The lowest BCUT2D eigenvalue weighted by Crippen LogP contribution is -2.60. The van der Waals surface area contributed by atoms with Crippen molar-refractivity contribution in [2.45, 2.75) is 118 Å². The molecule has 0 aliphatic heterocycles. The van der Waals surface area contributed by atoms with Gasteiger partial charge in [-0.2, -0.15) is 0 Å². The van der Waals surface area contributed by atoms with E-state index >= 15 is 0 Å². The van der Waals surface area contributed by atoms with Crippen molar-refractivity contribution in [2.75, 3.05) is 6.61 Å². The molecule has 3 N–H and O–H groups in total. The molecule has 0 aromatic rings. The number of aliphatic hydroxyl groups is 3. The smallest absolute Gasteiger partial charge is 0.0618 e. The van der Waals surface area contributed by atoms with Crippen LogP contribution in [0.15, 0.2) is 11.6 Å². The van der Waals surface area contributed by atoms with Gasteiger partial charge in [0.15, 0.2) is 0 Å². The second-order valence-corrected chi connectivity index (χ2v) is 14.8. The van der Waals surface area contributed by atoms with E-state index in [1.54, 1.807) is 5.57 Å². The molecule has 0 bridgehead atoms.